The number of nitrogens with one attached hydrogen (secondary N) is 1. The fourth-order valence-electron chi connectivity index (χ4n) is 3.65. The monoisotopic (exact) mass is 477 g/mol. The number of hydrogen-bond donors (Lipinski definition) is 2. The molecule has 1 aromatic rings. The van der Waals surface area contributed by atoms with E-state index in [4.69, 9.17) is 4.74 Å². The summed E-state index contributed by atoms with van der Waals surface area (Å²) in [5.41, 5.74) is 0.693. The number of sulfonamides is 1. The summed E-state index contributed by atoms with van der Waals surface area (Å²) in [4.78, 5) is 14.0. The molecule has 0 spiro atoms. The quantitative estimate of drug-likeness (QED) is 0.613. The first-order valence-electron chi connectivity index (χ1n) is 11.6. The van der Waals surface area contributed by atoms with Crippen LogP contribution in [0.5, 0.6) is 5.75 Å². The number of benzene rings is 1. The maximum absolute atomic E-state index is 13.5. The molecule has 2 aliphatic rings. The zero-order chi connectivity index (χ0) is 24.2. The summed E-state index contributed by atoms with van der Waals surface area (Å²) in [7, 11) is -2.20. The highest BCUT2D eigenvalue weighted by Crippen LogP contribution is 2.34. The SMILES string of the molecule is CCCNC(=O)N(C)C[C@@H]1Oc2cc(C#CC3CC3)ccc2S(=O)(=O)N([C@H](C)CO)C[C@H]1C. The summed E-state index contributed by atoms with van der Waals surface area (Å²) < 4.78 is 34.6. The Morgan fingerprint density at radius 1 is 1.39 bits per heavy atom. The Morgan fingerprint density at radius 2 is 2.12 bits per heavy atom. The number of aliphatic hydroxyl groups is 1. The van der Waals surface area contributed by atoms with Crippen LogP contribution >= 0.6 is 0 Å². The summed E-state index contributed by atoms with van der Waals surface area (Å²) in [5, 5.41) is 12.6. The third-order valence-electron chi connectivity index (χ3n) is 5.99. The van der Waals surface area contributed by atoms with Crippen molar-refractivity contribution in [2.45, 2.75) is 57.1 Å². The van der Waals surface area contributed by atoms with Gasteiger partial charge in [0.2, 0.25) is 10.0 Å². The Balaban J connectivity index is 1.97. The molecule has 3 rings (SSSR count). The number of ether oxygens (including phenoxy) is 1. The predicted octanol–water partition coefficient (Wildman–Crippen LogP) is 2.27. The van der Waals surface area contributed by atoms with E-state index >= 15 is 0 Å². The van der Waals surface area contributed by atoms with Crippen molar-refractivity contribution in [3.63, 3.8) is 0 Å². The molecule has 1 fully saturated rings. The molecule has 2 amide bonds. The number of carbonyl (C=O) groups excluding carboxylic acids is 1. The lowest BCUT2D eigenvalue weighted by molar-refractivity contribution is 0.0812. The normalized spacial score (nSPS) is 23.1. The van der Waals surface area contributed by atoms with Crippen LogP contribution in [0.4, 0.5) is 4.79 Å². The van der Waals surface area contributed by atoms with Gasteiger partial charge in [-0.3, -0.25) is 0 Å². The minimum Gasteiger partial charge on any atom is -0.487 e. The van der Waals surface area contributed by atoms with Crippen molar-refractivity contribution in [1.82, 2.24) is 14.5 Å². The molecule has 1 aliphatic carbocycles. The molecular weight excluding hydrogens is 442 g/mol. The van der Waals surface area contributed by atoms with Gasteiger partial charge in [-0.2, -0.15) is 4.31 Å². The number of fused-ring (bicyclic) bond motifs is 1. The van der Waals surface area contributed by atoms with Gasteiger partial charge in [0.05, 0.1) is 13.2 Å². The minimum atomic E-state index is -3.90. The van der Waals surface area contributed by atoms with Crippen LogP contribution in [0, 0.1) is 23.7 Å². The van der Waals surface area contributed by atoms with E-state index in [1.807, 2.05) is 13.8 Å². The summed E-state index contributed by atoms with van der Waals surface area (Å²) >= 11 is 0. The van der Waals surface area contributed by atoms with Crippen LogP contribution in [0.1, 0.15) is 45.6 Å². The van der Waals surface area contributed by atoms with Crippen molar-refractivity contribution in [3.05, 3.63) is 23.8 Å². The summed E-state index contributed by atoms with van der Waals surface area (Å²) in [6.07, 6.45) is 2.59. The molecular formula is C24H35N3O5S. The lowest BCUT2D eigenvalue weighted by atomic mass is 10.0. The Labute approximate surface area is 197 Å². The van der Waals surface area contributed by atoms with Crippen molar-refractivity contribution in [3.8, 4) is 17.6 Å². The second-order valence-corrected chi connectivity index (χ2v) is 10.9. The highest BCUT2D eigenvalue weighted by molar-refractivity contribution is 7.89. The molecule has 1 aliphatic heterocycles. The van der Waals surface area contributed by atoms with Crippen LogP contribution in [0.25, 0.3) is 0 Å². The molecule has 0 saturated heterocycles. The minimum absolute atomic E-state index is 0.0507. The van der Waals surface area contributed by atoms with Crippen molar-refractivity contribution >= 4 is 16.1 Å². The second-order valence-electron chi connectivity index (χ2n) is 9.06. The Bertz CT molecular complexity index is 1010. The number of urea groups is 1. The average molecular weight is 478 g/mol. The highest BCUT2D eigenvalue weighted by Gasteiger charge is 2.38. The van der Waals surface area contributed by atoms with E-state index < -0.39 is 22.2 Å². The molecule has 8 nitrogen and oxygen atoms in total. The number of likely N-dealkylation sites (N-methyl/N-ethyl adjacent to an activating group) is 1. The van der Waals surface area contributed by atoms with Crippen LogP contribution < -0.4 is 10.1 Å². The molecule has 0 radical (unpaired) electrons. The van der Waals surface area contributed by atoms with Crippen molar-refractivity contribution in [1.29, 1.82) is 0 Å². The lowest BCUT2D eigenvalue weighted by Gasteiger charge is -2.37. The first kappa shape index (κ1) is 25.3. The van der Waals surface area contributed by atoms with Crippen LogP contribution in [0.15, 0.2) is 23.1 Å². The highest BCUT2D eigenvalue weighted by atomic mass is 32.2. The van der Waals surface area contributed by atoms with Crippen molar-refractivity contribution in [2.75, 3.05) is 33.3 Å². The van der Waals surface area contributed by atoms with Gasteiger partial charge in [-0.05, 0) is 44.4 Å². The number of nitrogens with zero attached hydrogens (tertiary/aromatic N) is 2. The number of amides is 2. The molecule has 9 heteroatoms. The zero-order valence-corrected chi connectivity index (χ0v) is 20.7. The van der Waals surface area contributed by atoms with E-state index in [-0.39, 0.29) is 42.3 Å². The molecule has 33 heavy (non-hydrogen) atoms. The molecule has 1 saturated carbocycles. The molecule has 0 aromatic heterocycles. The van der Waals surface area contributed by atoms with Gasteiger partial charge in [-0.25, -0.2) is 13.2 Å². The van der Waals surface area contributed by atoms with Crippen LogP contribution in [0.2, 0.25) is 0 Å². The van der Waals surface area contributed by atoms with Crippen LogP contribution in [-0.4, -0.2) is 74.2 Å². The maximum atomic E-state index is 13.5. The van der Waals surface area contributed by atoms with Gasteiger partial charge in [0, 0.05) is 43.6 Å². The van der Waals surface area contributed by atoms with E-state index in [1.54, 1.807) is 31.0 Å². The third kappa shape index (κ3) is 6.19. The van der Waals surface area contributed by atoms with Crippen molar-refractivity contribution in [2.24, 2.45) is 11.8 Å². The second kappa shape index (κ2) is 10.8. The van der Waals surface area contributed by atoms with E-state index in [9.17, 15) is 18.3 Å². The number of carbonyl (C=O) groups is 1. The smallest absolute Gasteiger partial charge is 0.317 e. The number of hydrogen-bond acceptors (Lipinski definition) is 5. The first-order chi connectivity index (χ1) is 15.7. The predicted molar refractivity (Wildman–Crippen MR) is 126 cm³/mol. The molecule has 1 aromatic carbocycles. The molecule has 0 bridgehead atoms. The van der Waals surface area contributed by atoms with E-state index in [1.165, 1.54) is 10.4 Å². The van der Waals surface area contributed by atoms with Gasteiger partial charge < -0.3 is 20.1 Å². The Hall–Kier alpha value is -2.28. The summed E-state index contributed by atoms with van der Waals surface area (Å²) in [6.45, 7) is 6.31. The van der Waals surface area contributed by atoms with E-state index in [2.05, 4.69) is 17.2 Å². The van der Waals surface area contributed by atoms with E-state index in [0.717, 1.165) is 19.3 Å². The molecule has 0 unspecified atom stereocenters. The fraction of sp³-hybridized carbons (Fsp3) is 0.625. The summed E-state index contributed by atoms with van der Waals surface area (Å²) in [6, 6.07) is 4.10. The molecule has 2 N–H and O–H groups in total. The molecule has 1 heterocycles. The lowest BCUT2D eigenvalue weighted by Crippen LogP contribution is -2.51. The number of rotatable bonds is 6. The van der Waals surface area contributed by atoms with Crippen LogP contribution in [0.3, 0.4) is 0 Å². The number of aliphatic hydroxyl groups excluding tert-OH is 1. The fourth-order valence-corrected chi connectivity index (χ4v) is 5.48. The topological polar surface area (TPSA) is 99.2 Å². The van der Waals surface area contributed by atoms with E-state index in [0.29, 0.717) is 18.0 Å². The molecule has 3 atom stereocenters. The van der Waals surface area contributed by atoms with Gasteiger partial charge in [0.25, 0.3) is 0 Å². The third-order valence-corrected chi connectivity index (χ3v) is 8.01. The summed E-state index contributed by atoms with van der Waals surface area (Å²) in [5.74, 6) is 6.73. The van der Waals surface area contributed by atoms with Crippen molar-refractivity contribution < 1.29 is 23.1 Å². The average Bonchev–Trinajstić information content (AvgIpc) is 3.62. The van der Waals surface area contributed by atoms with Gasteiger partial charge in [0.1, 0.15) is 16.7 Å². The standard InChI is InChI=1S/C24H35N3O5S/c1-5-12-25-24(29)26(4)15-22-17(2)14-27(18(3)16-28)33(30,31)23-11-10-20(13-21(23)32-22)9-8-19-6-7-19/h10-11,13,17-19,22,28H,5-7,12,14-16H2,1-4H3,(H,25,29)/t17-,18-,22+/m1/s1. The van der Waals surface area contributed by atoms with Gasteiger partial charge in [-0.1, -0.05) is 25.7 Å². The Kier molecular flexibility index (Phi) is 8.27. The maximum Gasteiger partial charge on any atom is 0.317 e. The van der Waals surface area contributed by atoms with Gasteiger partial charge >= 0.3 is 6.03 Å². The Morgan fingerprint density at radius 3 is 2.76 bits per heavy atom. The first-order valence-corrected chi connectivity index (χ1v) is 13.0. The largest absolute Gasteiger partial charge is 0.487 e. The van der Waals surface area contributed by atoms with Gasteiger partial charge in [-0.15, -0.1) is 0 Å². The molecule has 182 valence electrons. The van der Waals surface area contributed by atoms with Crippen LogP contribution in [-0.2, 0) is 10.0 Å². The van der Waals surface area contributed by atoms with Gasteiger partial charge in [0.15, 0.2) is 0 Å². The zero-order valence-electron chi connectivity index (χ0n) is 19.9.